The van der Waals surface area contributed by atoms with Crippen molar-refractivity contribution in [2.24, 2.45) is 0 Å². The molecule has 0 aromatic rings. The number of hydrogen-bond donors (Lipinski definition) is 0. The maximum atomic E-state index is 8.89. The Hall–Kier alpha value is 0.462. The average molecular weight is 629 g/mol. The topological polar surface area (TPSA) is 80.3 Å². The first-order valence-corrected chi connectivity index (χ1v) is 17.8. The zero-order valence-corrected chi connectivity index (χ0v) is 27.9. The summed E-state index contributed by atoms with van der Waals surface area (Å²) < 4.78 is 0. The van der Waals surface area contributed by atoms with Gasteiger partial charge in [-0.3, -0.25) is 0 Å². The number of carbonyl (C=O) groups is 2. The Kier molecular flexibility index (Phi) is 53.9. The minimum absolute atomic E-state index is 0. The Morgan fingerprint density at radius 2 is 0.571 bits per heavy atom. The van der Waals surface area contributed by atoms with Crippen LogP contribution in [0.15, 0.2) is 0 Å². The molecule has 0 aliphatic carbocycles. The molecule has 0 aliphatic rings. The minimum atomic E-state index is -1.08. The third kappa shape index (κ3) is 60.7. The van der Waals surface area contributed by atoms with Crippen molar-refractivity contribution in [3.8, 4) is 0 Å². The second-order valence-corrected chi connectivity index (χ2v) is 14.2. The summed E-state index contributed by atoms with van der Waals surface area (Å²) in [5, 5.41) is 17.8. The maximum absolute atomic E-state index is 8.89. The first kappa shape index (κ1) is 45.4. The fourth-order valence-corrected chi connectivity index (χ4v) is 8.88. The third-order valence-electron chi connectivity index (χ3n) is 4.97. The molecule has 0 aliphatic heterocycles. The molecule has 0 fully saturated rings. The van der Waals surface area contributed by atoms with E-state index in [1.54, 1.807) is 37.0 Å². The van der Waals surface area contributed by atoms with E-state index in [2.05, 4.69) is 41.5 Å². The van der Waals surface area contributed by atoms with Gasteiger partial charge in [0, 0.05) is 11.9 Å². The van der Waals surface area contributed by atoms with Crippen molar-refractivity contribution in [2.75, 3.05) is 37.0 Å². The average Bonchev–Trinajstić information content (AvgIpc) is 2.78. The molecule has 0 aromatic carbocycles. The molecule has 0 N–H and O–H groups in total. The van der Waals surface area contributed by atoms with Crippen LogP contribution in [0.2, 0.25) is 0 Å². The van der Waals surface area contributed by atoms with Crippen LogP contribution in [-0.4, -0.2) is 48.9 Å². The van der Waals surface area contributed by atoms with Crippen molar-refractivity contribution < 1.29 is 40.2 Å². The Morgan fingerprint density at radius 3 is 0.657 bits per heavy atom. The van der Waals surface area contributed by atoms with E-state index in [0.717, 1.165) is 13.8 Å². The van der Waals surface area contributed by atoms with Crippen LogP contribution in [0.4, 0.5) is 0 Å². The number of hydrogen-bond acceptors (Lipinski definition) is 4. The molecule has 0 spiro atoms. The number of carbonyl (C=O) groups excluding carboxylic acids is 2. The monoisotopic (exact) mass is 628 g/mol. The van der Waals surface area contributed by atoms with E-state index in [1.165, 1.54) is 77.0 Å². The molecule has 35 heavy (non-hydrogen) atoms. The normalized spacial score (nSPS) is 9.66. The van der Waals surface area contributed by atoms with E-state index in [-0.39, 0.29) is 20.4 Å². The summed E-state index contributed by atoms with van der Waals surface area (Å²) in [6.45, 7) is 15.8. The molecule has 0 rings (SSSR count). The third-order valence-corrected chi connectivity index (χ3v) is 10.7. The quantitative estimate of drug-likeness (QED) is 0.118. The van der Waals surface area contributed by atoms with Gasteiger partial charge >= 0.3 is 20.4 Å². The molecule has 0 aromatic heterocycles. The summed E-state index contributed by atoms with van der Waals surface area (Å²) in [7, 11) is 0.843. The molecular formula is C28H60O4P2Pd. The first-order chi connectivity index (χ1) is 16.2. The van der Waals surface area contributed by atoms with Gasteiger partial charge in [-0.05, 0) is 89.3 Å². The zero-order chi connectivity index (χ0) is 27.0. The van der Waals surface area contributed by atoms with Crippen LogP contribution in [0.3, 0.4) is 0 Å². The molecule has 0 bridgehead atoms. The van der Waals surface area contributed by atoms with Crippen LogP contribution < -0.4 is 10.2 Å². The summed E-state index contributed by atoms with van der Waals surface area (Å²) >= 11 is 0. The molecule has 0 saturated carbocycles. The number of rotatable bonds is 18. The number of carboxylic acid groups (broad SMARTS) is 2. The van der Waals surface area contributed by atoms with Gasteiger partial charge in [0.05, 0.1) is 0 Å². The Balaban J connectivity index is -0.000000128. The number of unbranched alkanes of at least 4 members (excludes halogenated alkanes) is 6. The first-order valence-electron chi connectivity index (χ1n) is 14.0. The molecule has 0 atom stereocenters. The Morgan fingerprint density at radius 1 is 0.457 bits per heavy atom. The summed E-state index contributed by atoms with van der Waals surface area (Å²) in [5.41, 5.74) is 0. The van der Waals surface area contributed by atoms with Crippen LogP contribution in [0.1, 0.15) is 132 Å². The largest absolute Gasteiger partial charge is 2.00 e. The van der Waals surface area contributed by atoms with E-state index in [0.29, 0.717) is 15.8 Å². The van der Waals surface area contributed by atoms with Crippen LogP contribution in [-0.2, 0) is 30.0 Å². The van der Waals surface area contributed by atoms with Gasteiger partial charge in [-0.2, -0.15) is 0 Å². The van der Waals surface area contributed by atoms with E-state index in [1.807, 2.05) is 0 Å². The molecule has 0 heterocycles. The zero-order valence-electron chi connectivity index (χ0n) is 24.6. The second kappa shape index (κ2) is 41.6. The summed E-state index contributed by atoms with van der Waals surface area (Å²) in [5.74, 6) is -2.17. The van der Waals surface area contributed by atoms with Crippen LogP contribution in [0.5, 0.6) is 0 Å². The van der Waals surface area contributed by atoms with Gasteiger partial charge < -0.3 is 19.8 Å². The van der Waals surface area contributed by atoms with Crippen molar-refractivity contribution in [3.05, 3.63) is 0 Å². The molecule has 7 heteroatoms. The van der Waals surface area contributed by atoms with E-state index >= 15 is 0 Å². The van der Waals surface area contributed by atoms with E-state index in [9.17, 15) is 0 Å². The predicted molar refractivity (Wildman–Crippen MR) is 154 cm³/mol. The van der Waals surface area contributed by atoms with Crippen molar-refractivity contribution in [1.82, 2.24) is 0 Å². The Bertz CT molecular complexity index is 317. The van der Waals surface area contributed by atoms with Gasteiger partial charge in [-0.25, -0.2) is 0 Å². The predicted octanol–water partition coefficient (Wildman–Crippen LogP) is 7.25. The summed E-state index contributed by atoms with van der Waals surface area (Å²) in [4.78, 5) is 17.8. The van der Waals surface area contributed by atoms with Crippen molar-refractivity contribution >= 4 is 27.8 Å². The van der Waals surface area contributed by atoms with Gasteiger partial charge in [-0.1, -0.05) is 80.1 Å². The van der Waals surface area contributed by atoms with Crippen molar-refractivity contribution in [3.63, 3.8) is 0 Å². The summed E-state index contributed by atoms with van der Waals surface area (Å²) in [6, 6.07) is 0. The number of carboxylic acids is 2. The van der Waals surface area contributed by atoms with Gasteiger partial charge in [0.25, 0.3) is 0 Å². The van der Waals surface area contributed by atoms with Gasteiger partial charge in [0.2, 0.25) is 0 Å². The molecule has 0 unspecified atom stereocenters. The fraction of sp³-hybridized carbons (Fsp3) is 0.929. The van der Waals surface area contributed by atoms with E-state index in [4.69, 9.17) is 19.8 Å². The van der Waals surface area contributed by atoms with E-state index < -0.39 is 11.9 Å². The van der Waals surface area contributed by atoms with Gasteiger partial charge in [0.1, 0.15) is 0 Å². The molecule has 0 amide bonds. The molecule has 0 radical (unpaired) electrons. The molecule has 0 saturated heterocycles. The maximum Gasteiger partial charge on any atom is 2.00 e. The fourth-order valence-electron chi connectivity index (χ4n) is 2.96. The molecular weight excluding hydrogens is 569 g/mol. The standard InChI is InChI=1S/2C12H27P.2C2H4O2.Pd/c2*1-4-7-10-13(11-8-5-2)12-9-6-3;2*1-2(3)4;/h2*4-12H2,1-3H3;2*1H3,(H,3,4);/q;;;;+2/p-2. The second-order valence-electron chi connectivity index (χ2n) is 8.79. The Labute approximate surface area is 236 Å². The van der Waals surface area contributed by atoms with Crippen LogP contribution in [0.25, 0.3) is 0 Å². The number of aliphatic carboxylic acids is 2. The summed E-state index contributed by atoms with van der Waals surface area (Å²) in [6.07, 6.45) is 26.4. The van der Waals surface area contributed by atoms with Crippen LogP contribution >= 0.6 is 15.8 Å². The minimum Gasteiger partial charge on any atom is -0.550 e. The SMILES string of the molecule is CC(=O)[O-].CC(=O)[O-].CCCCP(CCCC)CCCC.CCCCP(CCCC)CCCC.[Pd+2]. The van der Waals surface area contributed by atoms with Crippen molar-refractivity contribution in [2.45, 2.75) is 132 Å². The van der Waals surface area contributed by atoms with Gasteiger partial charge in [-0.15, -0.1) is 15.8 Å². The van der Waals surface area contributed by atoms with Gasteiger partial charge in [0.15, 0.2) is 0 Å². The molecule has 216 valence electrons. The smallest absolute Gasteiger partial charge is 0.550 e. The van der Waals surface area contributed by atoms with Crippen LogP contribution in [0, 0.1) is 0 Å². The van der Waals surface area contributed by atoms with Crippen molar-refractivity contribution in [1.29, 1.82) is 0 Å². The molecule has 4 nitrogen and oxygen atoms in total.